The van der Waals surface area contributed by atoms with Crippen molar-refractivity contribution in [1.82, 2.24) is 4.98 Å². The first-order valence-electron chi connectivity index (χ1n) is 5.31. The van der Waals surface area contributed by atoms with E-state index in [1.165, 1.54) is 14.2 Å². The quantitative estimate of drug-likeness (QED) is 0.643. The Morgan fingerprint density at radius 1 is 1.33 bits per heavy atom. The minimum Gasteiger partial charge on any atom is -0.350 e. The van der Waals surface area contributed by atoms with Crippen LogP contribution < -0.4 is 0 Å². The van der Waals surface area contributed by atoms with E-state index in [0.717, 1.165) is 21.7 Å². The van der Waals surface area contributed by atoms with Crippen LogP contribution in [0.2, 0.25) is 0 Å². The Balaban J connectivity index is 2.71. The molecule has 0 aliphatic rings. The number of halogens is 1. The van der Waals surface area contributed by atoms with E-state index in [1.807, 2.05) is 18.2 Å². The van der Waals surface area contributed by atoms with Crippen LogP contribution in [0.4, 0.5) is 0 Å². The molecule has 0 saturated carbocycles. The maximum Gasteiger partial charge on any atom is 0.201 e. The fourth-order valence-electron chi connectivity index (χ4n) is 1.80. The molecule has 0 aliphatic carbocycles. The number of rotatable bonds is 4. The van der Waals surface area contributed by atoms with Gasteiger partial charge < -0.3 is 9.47 Å². The number of benzene rings is 1. The number of para-hydroxylation sites is 1. The Kier molecular flexibility index (Phi) is 4.06. The van der Waals surface area contributed by atoms with Crippen molar-refractivity contribution in [2.24, 2.45) is 0 Å². The van der Waals surface area contributed by atoms with Gasteiger partial charge in [-0.05, 0) is 28.1 Å². The van der Waals surface area contributed by atoms with E-state index in [2.05, 4.69) is 20.9 Å². The Hall–Kier alpha value is -1.30. The number of aldehydes is 1. The minimum absolute atomic E-state index is 0.467. The van der Waals surface area contributed by atoms with Gasteiger partial charge in [0.1, 0.15) is 5.69 Å². The molecule has 1 aromatic carbocycles. The second-order valence-electron chi connectivity index (χ2n) is 3.70. The third kappa shape index (κ3) is 2.29. The van der Waals surface area contributed by atoms with E-state index in [-0.39, 0.29) is 0 Å². The zero-order valence-corrected chi connectivity index (χ0v) is 11.6. The molecule has 0 bridgehead atoms. The molecule has 0 radical (unpaired) electrons. The molecule has 0 N–H and O–H groups in total. The molecule has 2 aromatic rings. The summed E-state index contributed by atoms with van der Waals surface area (Å²) in [5.74, 6) is 0. The lowest BCUT2D eigenvalue weighted by atomic mass is 10.1. The van der Waals surface area contributed by atoms with Crippen LogP contribution in [-0.2, 0) is 9.47 Å². The third-order valence-corrected chi connectivity index (χ3v) is 3.28. The van der Waals surface area contributed by atoms with Gasteiger partial charge in [-0.15, -0.1) is 0 Å². The molecule has 94 valence electrons. The number of carbonyl (C=O) groups excluding carboxylic acids is 1. The number of ether oxygens (including phenoxy) is 2. The highest BCUT2D eigenvalue weighted by molar-refractivity contribution is 9.10. The summed E-state index contributed by atoms with van der Waals surface area (Å²) in [6, 6.07) is 7.47. The van der Waals surface area contributed by atoms with Gasteiger partial charge in [0.15, 0.2) is 6.29 Å². The molecular weight excluding hydrogens is 298 g/mol. The molecule has 18 heavy (non-hydrogen) atoms. The monoisotopic (exact) mass is 309 g/mol. The number of hydrogen-bond acceptors (Lipinski definition) is 4. The van der Waals surface area contributed by atoms with Gasteiger partial charge in [-0.25, -0.2) is 4.98 Å². The highest BCUT2D eigenvalue weighted by Crippen LogP contribution is 2.27. The van der Waals surface area contributed by atoms with E-state index < -0.39 is 6.29 Å². The van der Waals surface area contributed by atoms with Gasteiger partial charge in [0, 0.05) is 29.6 Å². The summed E-state index contributed by atoms with van der Waals surface area (Å²) in [5, 5.41) is 0.890. The topological polar surface area (TPSA) is 48.4 Å². The Labute approximate surface area is 113 Å². The zero-order chi connectivity index (χ0) is 13.1. The molecular formula is C13H12BrNO3. The van der Waals surface area contributed by atoms with Crippen LogP contribution in [0.1, 0.15) is 22.3 Å². The van der Waals surface area contributed by atoms with Crippen molar-refractivity contribution in [3.8, 4) is 0 Å². The van der Waals surface area contributed by atoms with Crippen LogP contribution in [0, 0.1) is 0 Å². The van der Waals surface area contributed by atoms with Gasteiger partial charge in [0.05, 0.1) is 5.52 Å². The number of hydrogen-bond donors (Lipinski definition) is 0. The SMILES string of the molecule is COC(OC)c1nc2c(Br)cccc2cc1C=O. The maximum absolute atomic E-state index is 11.1. The van der Waals surface area contributed by atoms with E-state index in [1.54, 1.807) is 6.07 Å². The van der Waals surface area contributed by atoms with Crippen molar-refractivity contribution in [1.29, 1.82) is 0 Å². The summed E-state index contributed by atoms with van der Waals surface area (Å²) in [6.45, 7) is 0. The molecule has 0 unspecified atom stereocenters. The van der Waals surface area contributed by atoms with Crippen molar-refractivity contribution in [3.63, 3.8) is 0 Å². The smallest absolute Gasteiger partial charge is 0.201 e. The third-order valence-electron chi connectivity index (χ3n) is 2.64. The predicted molar refractivity (Wildman–Crippen MR) is 71.6 cm³/mol. The number of carbonyl (C=O) groups is 1. The maximum atomic E-state index is 11.1. The highest BCUT2D eigenvalue weighted by atomic mass is 79.9. The summed E-state index contributed by atoms with van der Waals surface area (Å²) in [4.78, 5) is 15.6. The molecule has 0 spiro atoms. The first-order chi connectivity index (χ1) is 8.71. The molecule has 4 nitrogen and oxygen atoms in total. The normalized spacial score (nSPS) is 11.1. The summed E-state index contributed by atoms with van der Waals surface area (Å²) in [5.41, 5.74) is 1.72. The molecule has 1 aromatic heterocycles. The van der Waals surface area contributed by atoms with Gasteiger partial charge in [-0.3, -0.25) is 4.79 Å². The largest absolute Gasteiger partial charge is 0.350 e. The summed E-state index contributed by atoms with van der Waals surface area (Å²) < 4.78 is 11.2. The number of nitrogens with zero attached hydrogens (tertiary/aromatic N) is 1. The molecule has 0 fully saturated rings. The van der Waals surface area contributed by atoms with Gasteiger partial charge in [0.2, 0.25) is 6.29 Å². The summed E-state index contributed by atoms with van der Waals surface area (Å²) in [6.07, 6.45) is 0.106. The zero-order valence-electron chi connectivity index (χ0n) is 10.0. The average Bonchev–Trinajstić information content (AvgIpc) is 2.40. The van der Waals surface area contributed by atoms with Crippen molar-refractivity contribution in [2.45, 2.75) is 6.29 Å². The van der Waals surface area contributed by atoms with Crippen LogP contribution in [-0.4, -0.2) is 25.5 Å². The van der Waals surface area contributed by atoms with Crippen molar-refractivity contribution in [3.05, 3.63) is 40.0 Å². The Morgan fingerprint density at radius 3 is 2.67 bits per heavy atom. The number of fused-ring (bicyclic) bond motifs is 1. The lowest BCUT2D eigenvalue weighted by molar-refractivity contribution is -0.108. The van der Waals surface area contributed by atoms with E-state index in [0.29, 0.717) is 11.3 Å². The second-order valence-corrected chi connectivity index (χ2v) is 4.55. The number of aromatic nitrogens is 1. The molecule has 0 amide bonds. The molecule has 2 rings (SSSR count). The number of methoxy groups -OCH3 is 2. The first kappa shape index (κ1) is 13.1. The van der Waals surface area contributed by atoms with Crippen LogP contribution in [0.5, 0.6) is 0 Å². The van der Waals surface area contributed by atoms with Crippen molar-refractivity contribution in [2.75, 3.05) is 14.2 Å². The van der Waals surface area contributed by atoms with Crippen LogP contribution >= 0.6 is 15.9 Å². The van der Waals surface area contributed by atoms with Gasteiger partial charge in [-0.2, -0.15) is 0 Å². The van der Waals surface area contributed by atoms with E-state index in [9.17, 15) is 4.79 Å². The first-order valence-corrected chi connectivity index (χ1v) is 6.10. The fraction of sp³-hybridized carbons (Fsp3) is 0.231. The lowest BCUT2D eigenvalue weighted by Gasteiger charge is -2.15. The summed E-state index contributed by atoms with van der Waals surface area (Å²) in [7, 11) is 3.02. The highest BCUT2D eigenvalue weighted by Gasteiger charge is 2.17. The average molecular weight is 310 g/mol. The summed E-state index contributed by atoms with van der Waals surface area (Å²) >= 11 is 3.44. The van der Waals surface area contributed by atoms with Crippen LogP contribution in [0.25, 0.3) is 10.9 Å². The fourth-order valence-corrected chi connectivity index (χ4v) is 2.27. The van der Waals surface area contributed by atoms with Crippen molar-refractivity contribution >= 4 is 33.1 Å². The predicted octanol–water partition coefficient (Wildman–Crippen LogP) is 3.10. The lowest BCUT2D eigenvalue weighted by Crippen LogP contribution is -2.09. The van der Waals surface area contributed by atoms with E-state index in [4.69, 9.17) is 9.47 Å². The van der Waals surface area contributed by atoms with Gasteiger partial charge in [0.25, 0.3) is 0 Å². The van der Waals surface area contributed by atoms with Gasteiger partial charge >= 0.3 is 0 Å². The molecule has 5 heteroatoms. The molecule has 1 heterocycles. The molecule has 0 aliphatic heterocycles. The Bertz CT molecular complexity index is 582. The van der Waals surface area contributed by atoms with Crippen LogP contribution in [0.3, 0.4) is 0 Å². The van der Waals surface area contributed by atoms with Gasteiger partial charge in [-0.1, -0.05) is 12.1 Å². The van der Waals surface area contributed by atoms with Crippen LogP contribution in [0.15, 0.2) is 28.7 Å². The second kappa shape index (κ2) is 5.56. The molecule has 0 atom stereocenters. The van der Waals surface area contributed by atoms with E-state index >= 15 is 0 Å². The molecule has 0 saturated heterocycles. The number of pyridine rings is 1. The Morgan fingerprint density at radius 2 is 2.06 bits per heavy atom. The minimum atomic E-state index is -0.651. The van der Waals surface area contributed by atoms with Crippen molar-refractivity contribution < 1.29 is 14.3 Å². The standard InChI is InChI=1S/C13H12BrNO3/c1-17-13(18-2)12-9(7-16)6-8-4-3-5-10(14)11(8)15-12/h3-7,13H,1-2H3.